The van der Waals surface area contributed by atoms with Crippen LogP contribution in [0.4, 0.5) is 22.0 Å². The summed E-state index contributed by atoms with van der Waals surface area (Å²) < 4.78 is 94.1. The van der Waals surface area contributed by atoms with Crippen molar-refractivity contribution < 1.29 is 39.6 Å². The molecule has 27 heavy (non-hydrogen) atoms. The highest BCUT2D eigenvalue weighted by atomic mass is 32.2. The van der Waals surface area contributed by atoms with Crippen molar-refractivity contribution in [3.05, 3.63) is 0 Å². The SMILES string of the molecule is CCCC1CN(SC(F)(P)C(F)(F)C(F)(F)S(=O)(=O)OOC)CCC1CC. The fourth-order valence-corrected chi connectivity index (χ4v) is 5.70. The summed E-state index contributed by atoms with van der Waals surface area (Å²) >= 11 is -0.128. The zero-order valence-corrected chi connectivity index (χ0v) is 18.0. The third-order valence-corrected chi connectivity index (χ3v) is 7.56. The van der Waals surface area contributed by atoms with Gasteiger partial charge in [-0.05, 0) is 36.6 Å². The Labute approximate surface area is 163 Å². The van der Waals surface area contributed by atoms with Gasteiger partial charge < -0.3 is 0 Å². The monoisotopic (exact) mass is 461 g/mol. The molecule has 0 saturated carbocycles. The Hall–Kier alpha value is 0.260. The van der Waals surface area contributed by atoms with Crippen molar-refractivity contribution in [2.75, 3.05) is 20.2 Å². The van der Waals surface area contributed by atoms with E-state index in [1.807, 2.05) is 13.8 Å². The van der Waals surface area contributed by atoms with Crippen LogP contribution in [0.3, 0.4) is 0 Å². The van der Waals surface area contributed by atoms with Gasteiger partial charge >= 0.3 is 21.3 Å². The van der Waals surface area contributed by atoms with E-state index in [9.17, 15) is 30.4 Å². The van der Waals surface area contributed by atoms with Crippen molar-refractivity contribution in [1.29, 1.82) is 0 Å². The second kappa shape index (κ2) is 9.38. The van der Waals surface area contributed by atoms with E-state index in [0.717, 1.165) is 28.5 Å². The number of rotatable bonds is 10. The minimum atomic E-state index is -6.21. The van der Waals surface area contributed by atoms with Crippen LogP contribution in [0, 0.1) is 11.8 Å². The van der Waals surface area contributed by atoms with Crippen molar-refractivity contribution in [1.82, 2.24) is 4.31 Å². The molecule has 0 bridgehead atoms. The molecule has 0 aromatic heterocycles. The van der Waals surface area contributed by atoms with Crippen LogP contribution in [-0.4, -0.2) is 48.8 Å². The van der Waals surface area contributed by atoms with Gasteiger partial charge in [-0.15, -0.1) is 4.33 Å². The Bertz CT molecular complexity index is 594. The molecule has 0 aliphatic carbocycles. The van der Waals surface area contributed by atoms with E-state index in [1.54, 1.807) is 0 Å². The van der Waals surface area contributed by atoms with E-state index in [0.29, 0.717) is 19.4 Å². The number of hydrogen-bond acceptors (Lipinski definition) is 6. The maximum absolute atomic E-state index is 14.7. The molecule has 162 valence electrons. The molecular weight excluding hydrogens is 436 g/mol. The Balaban J connectivity index is 3.01. The quantitative estimate of drug-likeness (QED) is 0.158. The third kappa shape index (κ3) is 5.25. The predicted molar refractivity (Wildman–Crippen MR) is 96.4 cm³/mol. The van der Waals surface area contributed by atoms with Gasteiger partial charge in [0.1, 0.15) is 0 Å². The minimum absolute atomic E-state index is 0.122. The summed E-state index contributed by atoms with van der Waals surface area (Å²) in [5.74, 6) is -5.14. The number of piperidine rings is 1. The number of halogens is 5. The zero-order valence-electron chi connectivity index (χ0n) is 15.3. The van der Waals surface area contributed by atoms with Gasteiger partial charge in [-0.25, -0.2) is 13.6 Å². The average Bonchev–Trinajstić information content (AvgIpc) is 2.54. The fraction of sp³-hybridized carbons (Fsp3) is 1.00. The number of nitrogens with zero attached hydrogens (tertiary/aromatic N) is 1. The summed E-state index contributed by atoms with van der Waals surface area (Å²) in [6.07, 6.45) is 3.14. The highest BCUT2D eigenvalue weighted by Crippen LogP contribution is 2.57. The van der Waals surface area contributed by atoms with Crippen LogP contribution in [0.5, 0.6) is 0 Å². The zero-order chi connectivity index (χ0) is 21.1. The molecule has 1 fully saturated rings. The Morgan fingerprint density at radius 3 is 2.26 bits per heavy atom. The third-order valence-electron chi connectivity index (χ3n) is 4.57. The summed E-state index contributed by atoms with van der Waals surface area (Å²) in [5, 5.41) is -5.84. The van der Waals surface area contributed by atoms with Crippen molar-refractivity contribution in [2.45, 2.75) is 55.4 Å². The second-order valence-corrected chi connectivity index (χ2v) is 10.5. The standard InChI is InChI=1S/C14H25F5NO4PS2/c1-4-6-11-9-20(8-7-10(11)5-2)26-14(19,25)12(15,16)13(17,18)27(21,22)24-23-3/h10-11H,4-9,25H2,1-3H3. The van der Waals surface area contributed by atoms with Gasteiger partial charge in [-0.3, -0.25) is 0 Å². The average molecular weight is 461 g/mol. The lowest BCUT2D eigenvalue weighted by atomic mass is 9.82. The molecule has 0 radical (unpaired) electrons. The van der Waals surface area contributed by atoms with E-state index in [2.05, 4.69) is 9.22 Å². The van der Waals surface area contributed by atoms with Gasteiger partial charge in [-0.1, -0.05) is 35.9 Å². The molecule has 0 spiro atoms. The minimum Gasteiger partial charge on any atom is -0.247 e. The first-order valence-electron chi connectivity index (χ1n) is 8.41. The van der Waals surface area contributed by atoms with Gasteiger partial charge in [0.2, 0.25) is 0 Å². The molecule has 0 amide bonds. The largest absolute Gasteiger partial charge is 0.438 e. The predicted octanol–water partition coefficient (Wildman–Crippen LogP) is 4.42. The normalized spacial score (nSPS) is 25.4. The second-order valence-electron chi connectivity index (χ2n) is 6.41. The molecule has 0 N–H and O–H groups in total. The Kier molecular flexibility index (Phi) is 8.79. The van der Waals surface area contributed by atoms with E-state index in [4.69, 9.17) is 0 Å². The van der Waals surface area contributed by atoms with Crippen LogP contribution in [-0.2, 0) is 19.3 Å². The molecule has 4 atom stereocenters. The first kappa shape index (κ1) is 25.3. The van der Waals surface area contributed by atoms with Crippen molar-refractivity contribution in [3.8, 4) is 0 Å². The molecule has 5 nitrogen and oxygen atoms in total. The molecular formula is C14H25F5NO4PS2. The molecule has 0 aromatic rings. The van der Waals surface area contributed by atoms with Crippen LogP contribution < -0.4 is 0 Å². The number of hydrogen-bond donors (Lipinski definition) is 0. The molecule has 4 unspecified atom stereocenters. The lowest BCUT2D eigenvalue weighted by molar-refractivity contribution is -0.217. The van der Waals surface area contributed by atoms with Gasteiger partial charge in [0.25, 0.3) is 4.74 Å². The summed E-state index contributed by atoms with van der Waals surface area (Å²) in [7, 11) is -4.65. The van der Waals surface area contributed by atoms with Crippen LogP contribution in [0.1, 0.15) is 39.5 Å². The summed E-state index contributed by atoms with van der Waals surface area (Å²) in [5.41, 5.74) is 0. The van der Waals surface area contributed by atoms with Gasteiger partial charge in [0.05, 0.1) is 7.11 Å². The highest BCUT2D eigenvalue weighted by Gasteiger charge is 2.76. The molecule has 1 aliphatic rings. The summed E-state index contributed by atoms with van der Waals surface area (Å²) in [6.45, 7) is 4.44. The first-order valence-corrected chi connectivity index (χ1v) is 11.2. The van der Waals surface area contributed by atoms with Crippen LogP contribution in [0.15, 0.2) is 0 Å². The molecule has 13 heteroatoms. The van der Waals surface area contributed by atoms with Crippen LogP contribution in [0.2, 0.25) is 0 Å². The molecule has 1 saturated heterocycles. The van der Waals surface area contributed by atoms with Crippen molar-refractivity contribution >= 4 is 31.3 Å². The van der Waals surface area contributed by atoms with Crippen molar-refractivity contribution in [2.24, 2.45) is 11.8 Å². The maximum atomic E-state index is 14.7. The molecule has 1 rings (SSSR count). The van der Waals surface area contributed by atoms with E-state index >= 15 is 0 Å². The summed E-state index contributed by atoms with van der Waals surface area (Å²) in [6, 6.07) is 0. The van der Waals surface area contributed by atoms with Gasteiger partial charge in [-0.2, -0.15) is 26.0 Å². The van der Waals surface area contributed by atoms with E-state index < -0.39 is 26.0 Å². The van der Waals surface area contributed by atoms with Crippen LogP contribution >= 0.6 is 21.2 Å². The highest BCUT2D eigenvalue weighted by molar-refractivity contribution is 8.02. The topological polar surface area (TPSA) is 55.8 Å². The van der Waals surface area contributed by atoms with Crippen molar-refractivity contribution in [3.63, 3.8) is 0 Å². The van der Waals surface area contributed by atoms with Gasteiger partial charge in [0.15, 0.2) is 0 Å². The molecule has 1 heterocycles. The summed E-state index contributed by atoms with van der Waals surface area (Å²) in [4.78, 5) is 3.57. The Morgan fingerprint density at radius 1 is 1.19 bits per heavy atom. The number of alkyl halides is 5. The van der Waals surface area contributed by atoms with Gasteiger partial charge in [0, 0.05) is 13.1 Å². The fourth-order valence-electron chi connectivity index (χ4n) is 3.10. The molecule has 1 aliphatic heterocycles. The maximum Gasteiger partial charge on any atom is 0.438 e. The first-order chi connectivity index (χ1) is 12.3. The lowest BCUT2D eigenvalue weighted by Gasteiger charge is -2.41. The molecule has 0 aromatic carbocycles. The van der Waals surface area contributed by atoms with E-state index in [1.165, 1.54) is 4.31 Å². The van der Waals surface area contributed by atoms with Crippen LogP contribution in [0.25, 0.3) is 0 Å². The Morgan fingerprint density at radius 2 is 1.78 bits per heavy atom. The smallest absolute Gasteiger partial charge is 0.247 e. The lowest BCUT2D eigenvalue weighted by Crippen LogP contribution is -2.57. The van der Waals surface area contributed by atoms with E-state index in [-0.39, 0.29) is 31.0 Å².